The fourth-order valence-electron chi connectivity index (χ4n) is 6.72. The summed E-state index contributed by atoms with van der Waals surface area (Å²) < 4.78 is 38.8. The molecule has 0 spiro atoms. The molecule has 0 aliphatic rings. The molecule has 2 rings (SSSR count). The first-order valence-electron chi connectivity index (χ1n) is 22.7. The number of nitrogens with zero attached hydrogens (tertiary/aromatic N) is 4. The lowest BCUT2D eigenvalue weighted by Crippen LogP contribution is -2.37. The number of nitro groups is 1. The second-order valence-corrected chi connectivity index (χ2v) is 18.3. The smallest absolute Gasteiger partial charge is 0.306 e. The summed E-state index contributed by atoms with van der Waals surface area (Å²) in [6, 6.07) is 3.02. The Morgan fingerprint density at radius 3 is 1.82 bits per heavy atom. The van der Waals surface area contributed by atoms with Gasteiger partial charge in [0.2, 0.25) is 5.52 Å². The third-order valence-electron chi connectivity index (χ3n) is 10.4. The molecule has 0 bridgehead atoms. The highest BCUT2D eigenvalue weighted by Crippen LogP contribution is 2.38. The third-order valence-corrected chi connectivity index (χ3v) is 11.3. The topological polar surface area (TPSA) is 205 Å². The molecule has 344 valence electrons. The van der Waals surface area contributed by atoms with E-state index in [4.69, 9.17) is 23.2 Å². The van der Waals surface area contributed by atoms with Crippen molar-refractivity contribution in [1.82, 2.24) is 10.3 Å². The molecule has 2 aromatic rings. The molecule has 0 saturated heterocycles. The number of aromatic nitrogens is 2. The molecule has 60 heavy (non-hydrogen) atoms. The Balaban J connectivity index is 1.59. The van der Waals surface area contributed by atoms with Gasteiger partial charge in [0.1, 0.15) is 19.3 Å². The maximum absolute atomic E-state index is 12.7. The van der Waals surface area contributed by atoms with Crippen molar-refractivity contribution in [1.29, 1.82) is 0 Å². The lowest BCUT2D eigenvalue weighted by molar-refractivity contribution is -0.870. The second kappa shape index (κ2) is 31.6. The van der Waals surface area contributed by atoms with Crippen molar-refractivity contribution in [3.8, 4) is 0 Å². The van der Waals surface area contributed by atoms with Crippen LogP contribution in [0, 0.1) is 10.1 Å². The zero-order valence-electron chi connectivity index (χ0n) is 37.2. The van der Waals surface area contributed by atoms with Crippen LogP contribution in [0.1, 0.15) is 167 Å². The van der Waals surface area contributed by atoms with Crippen LogP contribution in [0.15, 0.2) is 16.8 Å². The largest absolute Gasteiger partial charge is 0.756 e. The number of likely N-dealkylation sites (N-methyl/N-ethyl adjacent to an activating group) is 1. The number of nitro benzene ring substituents is 1. The van der Waals surface area contributed by atoms with E-state index in [1.54, 1.807) is 6.07 Å². The number of ether oxygens (including phenoxy) is 2. The molecule has 0 radical (unpaired) electrons. The number of carbonyl (C=O) groups is 2. The minimum atomic E-state index is -4.63. The van der Waals surface area contributed by atoms with Crippen molar-refractivity contribution in [3.63, 3.8) is 0 Å². The van der Waals surface area contributed by atoms with E-state index in [-0.39, 0.29) is 43.2 Å². The summed E-state index contributed by atoms with van der Waals surface area (Å²) >= 11 is 0. The number of rotatable bonds is 39. The summed E-state index contributed by atoms with van der Waals surface area (Å²) in [5, 5.41) is 21.9. The minimum absolute atomic E-state index is 0.00953. The Morgan fingerprint density at radius 1 is 0.750 bits per heavy atom. The van der Waals surface area contributed by atoms with Crippen molar-refractivity contribution in [2.45, 2.75) is 174 Å². The molecule has 1 unspecified atom stereocenters. The molecule has 0 fully saturated rings. The highest BCUT2D eigenvalue weighted by Gasteiger charge is 2.21. The number of esters is 2. The SMILES string of the molecule is CCCCCCCCCCCCCCCC(=O)OCC[C@H](COP(=O)([O-])OCC[N+](C)(C)C)OC(=O)CCCCCCCCCCCNc1ccc([N+](=O)[O-])c2nonc12. The van der Waals surface area contributed by atoms with E-state index in [0.717, 1.165) is 70.6 Å². The quantitative estimate of drug-likeness (QED) is 0.0166. The van der Waals surface area contributed by atoms with Crippen LogP contribution in [-0.4, -0.2) is 91.8 Å². The third kappa shape index (κ3) is 26.2. The number of quaternary nitrogens is 1. The number of anilines is 1. The highest BCUT2D eigenvalue weighted by molar-refractivity contribution is 7.45. The van der Waals surface area contributed by atoms with Crippen molar-refractivity contribution in [3.05, 3.63) is 22.2 Å². The number of phosphoric ester groups is 1. The molecular formula is C43H76N5O11P. The van der Waals surface area contributed by atoms with Gasteiger partial charge in [0, 0.05) is 31.9 Å². The number of carbonyl (C=O) groups excluding carboxylic acids is 2. The summed E-state index contributed by atoms with van der Waals surface area (Å²) in [6.07, 6.45) is 24.5. The van der Waals surface area contributed by atoms with Gasteiger partial charge in [-0.25, -0.2) is 4.63 Å². The summed E-state index contributed by atoms with van der Waals surface area (Å²) in [5.74, 6) is -0.762. The van der Waals surface area contributed by atoms with Gasteiger partial charge in [0.25, 0.3) is 7.82 Å². The van der Waals surface area contributed by atoms with Crippen molar-refractivity contribution in [2.24, 2.45) is 0 Å². The lowest BCUT2D eigenvalue weighted by Gasteiger charge is -2.28. The predicted molar refractivity (Wildman–Crippen MR) is 231 cm³/mol. The van der Waals surface area contributed by atoms with Crippen molar-refractivity contribution < 1.29 is 51.6 Å². The number of unbranched alkanes of at least 4 members (excludes halogenated alkanes) is 20. The van der Waals surface area contributed by atoms with E-state index in [2.05, 4.69) is 22.6 Å². The van der Waals surface area contributed by atoms with Gasteiger partial charge in [0.05, 0.1) is 45.0 Å². The molecule has 0 aliphatic carbocycles. The number of hydrogen-bond donors (Lipinski definition) is 1. The average molecular weight is 870 g/mol. The molecule has 0 saturated carbocycles. The molecule has 1 N–H and O–H groups in total. The summed E-state index contributed by atoms with van der Waals surface area (Å²) in [5.41, 5.74) is 0.999. The van der Waals surface area contributed by atoms with E-state index >= 15 is 0 Å². The fourth-order valence-corrected chi connectivity index (χ4v) is 7.45. The zero-order valence-corrected chi connectivity index (χ0v) is 38.1. The second-order valence-electron chi connectivity index (χ2n) is 16.9. The van der Waals surface area contributed by atoms with Crippen LogP contribution in [0.2, 0.25) is 0 Å². The van der Waals surface area contributed by atoms with Crippen LogP contribution in [0.5, 0.6) is 0 Å². The molecule has 1 aromatic heterocycles. The van der Waals surface area contributed by atoms with E-state index < -0.39 is 31.4 Å². The van der Waals surface area contributed by atoms with E-state index in [1.165, 1.54) is 70.3 Å². The van der Waals surface area contributed by atoms with Gasteiger partial charge in [0.15, 0.2) is 5.52 Å². The Bertz CT molecular complexity index is 1520. The van der Waals surface area contributed by atoms with Gasteiger partial charge in [-0.1, -0.05) is 129 Å². The number of benzene rings is 1. The zero-order chi connectivity index (χ0) is 43.9. The van der Waals surface area contributed by atoms with Crippen LogP contribution >= 0.6 is 7.82 Å². The molecule has 0 amide bonds. The molecule has 16 nitrogen and oxygen atoms in total. The molecule has 17 heteroatoms. The van der Waals surface area contributed by atoms with Gasteiger partial charge >= 0.3 is 17.6 Å². The average Bonchev–Trinajstić information content (AvgIpc) is 3.69. The van der Waals surface area contributed by atoms with Crippen LogP contribution in [0.3, 0.4) is 0 Å². The lowest BCUT2D eigenvalue weighted by atomic mass is 10.0. The van der Waals surface area contributed by atoms with E-state index in [0.29, 0.717) is 41.6 Å². The standard InChI is InChI=1S/C43H76N5O11P/c1-5-6-7-8-9-10-11-12-13-15-18-21-24-27-40(49)55-34-31-37(36-57-60(53,54)56-35-33-48(2,3)4)58-41(50)28-25-22-19-16-14-17-20-23-26-32-44-38-29-30-39(47(51)52)43-42(38)45-59-46-43/h29-30,37H,5-28,31-36H2,1-4H3,(H-,44,46,53,54)/t37-/m1/s1. The van der Waals surface area contributed by atoms with Gasteiger partial charge in [-0.15, -0.1) is 0 Å². The highest BCUT2D eigenvalue weighted by atomic mass is 31.2. The summed E-state index contributed by atoms with van der Waals surface area (Å²) in [6.45, 7) is 2.94. The fraction of sp³-hybridized carbons (Fsp3) is 0.814. The van der Waals surface area contributed by atoms with E-state index in [9.17, 15) is 29.2 Å². The van der Waals surface area contributed by atoms with Crippen LogP contribution in [0.25, 0.3) is 11.0 Å². The first-order chi connectivity index (χ1) is 28.8. The normalized spacial score (nSPS) is 13.3. The Labute approximate surface area is 358 Å². The van der Waals surface area contributed by atoms with Gasteiger partial charge in [-0.05, 0) is 35.6 Å². The maximum Gasteiger partial charge on any atom is 0.306 e. The number of nitrogens with one attached hydrogen (secondary N) is 1. The first-order valence-corrected chi connectivity index (χ1v) is 24.2. The van der Waals surface area contributed by atoms with Crippen molar-refractivity contribution in [2.75, 3.05) is 59.4 Å². The maximum atomic E-state index is 12.7. The summed E-state index contributed by atoms with van der Waals surface area (Å²) in [7, 11) is 1.13. The van der Waals surface area contributed by atoms with Crippen LogP contribution in [0.4, 0.5) is 11.4 Å². The van der Waals surface area contributed by atoms with Gasteiger partial charge in [-0.3, -0.25) is 24.3 Å². The number of phosphoric acid groups is 1. The van der Waals surface area contributed by atoms with Crippen LogP contribution < -0.4 is 10.2 Å². The molecule has 0 aliphatic heterocycles. The monoisotopic (exact) mass is 870 g/mol. The first kappa shape index (κ1) is 53.0. The molecular weight excluding hydrogens is 793 g/mol. The number of fused-ring (bicyclic) bond motifs is 1. The Kier molecular flexibility index (Phi) is 27.9. The van der Waals surface area contributed by atoms with E-state index in [1.807, 2.05) is 21.1 Å². The van der Waals surface area contributed by atoms with Gasteiger partial charge in [-0.2, -0.15) is 0 Å². The van der Waals surface area contributed by atoms with Gasteiger partial charge < -0.3 is 33.2 Å². The van der Waals surface area contributed by atoms with Crippen molar-refractivity contribution >= 4 is 42.2 Å². The predicted octanol–water partition coefficient (Wildman–Crippen LogP) is 9.98. The molecule has 1 aromatic carbocycles. The summed E-state index contributed by atoms with van der Waals surface area (Å²) in [4.78, 5) is 48.2. The number of hydrogen-bond acceptors (Lipinski definition) is 14. The van der Waals surface area contributed by atoms with Crippen LogP contribution in [-0.2, 0) is 32.7 Å². The molecule has 2 atom stereocenters. The molecule has 1 heterocycles. The Hall–Kier alpha value is -3.17. The number of non-ortho nitro benzene ring substituents is 1. The Morgan fingerprint density at radius 2 is 1.27 bits per heavy atom. The minimum Gasteiger partial charge on any atom is -0.756 e.